The van der Waals surface area contributed by atoms with E-state index in [9.17, 15) is 0 Å². The van der Waals surface area contributed by atoms with Crippen molar-refractivity contribution in [3.63, 3.8) is 0 Å². The van der Waals surface area contributed by atoms with Gasteiger partial charge in [0.15, 0.2) is 0 Å². The number of aryl methyl sites for hydroxylation is 1. The van der Waals surface area contributed by atoms with Crippen molar-refractivity contribution < 1.29 is 0 Å². The van der Waals surface area contributed by atoms with E-state index in [-0.39, 0.29) is 0 Å². The molecule has 0 aromatic carbocycles. The number of fused-ring (bicyclic) bond motifs is 1. The summed E-state index contributed by atoms with van der Waals surface area (Å²) in [5, 5.41) is 0. The molecule has 2 aromatic rings. The summed E-state index contributed by atoms with van der Waals surface area (Å²) in [5.41, 5.74) is 3.42. The topological polar surface area (TPSA) is 17.3 Å². The third-order valence-electron chi connectivity index (χ3n) is 2.81. The van der Waals surface area contributed by atoms with Gasteiger partial charge in [-0.3, -0.25) is 4.40 Å². The molecule has 0 aliphatic carbocycles. The van der Waals surface area contributed by atoms with E-state index < -0.39 is 0 Å². The van der Waals surface area contributed by atoms with Gasteiger partial charge in [0, 0.05) is 12.1 Å². The summed E-state index contributed by atoms with van der Waals surface area (Å²) in [6.45, 7) is 6.49. The molecule has 0 spiro atoms. The van der Waals surface area contributed by atoms with Crippen molar-refractivity contribution in [2.75, 3.05) is 0 Å². The molecule has 2 nitrogen and oxygen atoms in total. The molecule has 0 fully saturated rings. The fraction of sp³-hybridized carbons (Fsp3) is 0.417. The lowest BCUT2D eigenvalue weighted by atomic mass is 10.1. The highest BCUT2D eigenvalue weighted by Crippen LogP contribution is 2.27. The molecule has 15 heavy (non-hydrogen) atoms. The minimum atomic E-state index is 0.500. The van der Waals surface area contributed by atoms with Crippen LogP contribution in [0.15, 0.2) is 22.9 Å². The van der Waals surface area contributed by atoms with Crippen molar-refractivity contribution in [3.8, 4) is 0 Å². The average molecular weight is 267 g/mol. The van der Waals surface area contributed by atoms with Gasteiger partial charge in [-0.2, -0.15) is 0 Å². The maximum atomic E-state index is 4.64. The Bertz CT molecular complexity index is 488. The predicted molar refractivity (Wildman–Crippen MR) is 66.3 cm³/mol. The fourth-order valence-corrected chi connectivity index (χ4v) is 2.41. The summed E-state index contributed by atoms with van der Waals surface area (Å²) in [5.74, 6) is 0.500. The Kier molecular flexibility index (Phi) is 2.83. The highest BCUT2D eigenvalue weighted by atomic mass is 79.9. The summed E-state index contributed by atoms with van der Waals surface area (Å²) in [7, 11) is 0. The van der Waals surface area contributed by atoms with Crippen LogP contribution in [0.25, 0.3) is 5.65 Å². The van der Waals surface area contributed by atoms with Crippen LogP contribution in [-0.2, 0) is 0 Å². The van der Waals surface area contributed by atoms with Gasteiger partial charge in [-0.15, -0.1) is 0 Å². The second-order valence-electron chi connectivity index (χ2n) is 4.03. The normalized spacial score (nSPS) is 13.3. The lowest BCUT2D eigenvalue weighted by molar-refractivity contribution is 0.709. The zero-order valence-corrected chi connectivity index (χ0v) is 10.9. The van der Waals surface area contributed by atoms with Gasteiger partial charge in [-0.05, 0) is 40.9 Å². The average Bonchev–Trinajstić information content (AvgIpc) is 2.55. The number of halogens is 1. The third-order valence-corrected chi connectivity index (χ3v) is 3.60. The zero-order valence-electron chi connectivity index (χ0n) is 9.29. The highest BCUT2D eigenvalue weighted by molar-refractivity contribution is 9.10. The number of hydrogen-bond acceptors (Lipinski definition) is 1. The van der Waals surface area contributed by atoms with Gasteiger partial charge in [-0.1, -0.05) is 19.9 Å². The molecule has 0 amide bonds. The van der Waals surface area contributed by atoms with E-state index in [4.69, 9.17) is 0 Å². The van der Waals surface area contributed by atoms with E-state index in [1.54, 1.807) is 0 Å². The third kappa shape index (κ3) is 1.81. The number of rotatable bonds is 2. The summed E-state index contributed by atoms with van der Waals surface area (Å²) < 4.78 is 3.20. The number of aromatic nitrogens is 2. The zero-order chi connectivity index (χ0) is 11.0. The molecule has 0 saturated carbocycles. The van der Waals surface area contributed by atoms with E-state index in [2.05, 4.69) is 64.4 Å². The van der Waals surface area contributed by atoms with E-state index in [0.717, 1.165) is 22.4 Å². The van der Waals surface area contributed by atoms with Crippen molar-refractivity contribution >= 4 is 21.6 Å². The van der Waals surface area contributed by atoms with Crippen molar-refractivity contribution in [2.45, 2.75) is 33.1 Å². The van der Waals surface area contributed by atoms with Crippen LogP contribution in [0.1, 0.15) is 37.4 Å². The first-order valence-electron chi connectivity index (χ1n) is 5.27. The Labute approximate surface area is 98.5 Å². The summed E-state index contributed by atoms with van der Waals surface area (Å²) in [6.07, 6.45) is 3.22. The van der Waals surface area contributed by atoms with Crippen molar-refractivity contribution in [1.82, 2.24) is 9.38 Å². The first kappa shape index (κ1) is 10.7. The Hall–Kier alpha value is -0.830. The Morgan fingerprint density at radius 2 is 2.20 bits per heavy atom. The minimum Gasteiger partial charge on any atom is -0.294 e. The highest BCUT2D eigenvalue weighted by Gasteiger charge is 2.14. The van der Waals surface area contributed by atoms with Crippen LogP contribution in [0, 0.1) is 6.92 Å². The SMILES string of the molecule is CCC(C)c1nc2ccc(C)cn2c1Br. The molecule has 2 rings (SSSR count). The molecule has 3 heteroatoms. The molecule has 1 atom stereocenters. The minimum absolute atomic E-state index is 0.500. The van der Waals surface area contributed by atoms with Crippen LogP contribution in [-0.4, -0.2) is 9.38 Å². The largest absolute Gasteiger partial charge is 0.294 e. The molecule has 0 N–H and O–H groups in total. The molecular formula is C12H15BrN2. The molecule has 80 valence electrons. The van der Waals surface area contributed by atoms with Gasteiger partial charge < -0.3 is 0 Å². The number of hydrogen-bond donors (Lipinski definition) is 0. The quantitative estimate of drug-likeness (QED) is 0.806. The lowest BCUT2D eigenvalue weighted by Crippen LogP contribution is -1.92. The van der Waals surface area contributed by atoms with Crippen LogP contribution in [0.2, 0.25) is 0 Å². The molecule has 0 saturated heterocycles. The molecule has 1 unspecified atom stereocenters. The maximum Gasteiger partial charge on any atom is 0.137 e. The summed E-state index contributed by atoms with van der Waals surface area (Å²) in [4.78, 5) is 4.64. The first-order chi connectivity index (χ1) is 7.13. The van der Waals surface area contributed by atoms with Crippen molar-refractivity contribution in [2.24, 2.45) is 0 Å². The molecular weight excluding hydrogens is 252 g/mol. The van der Waals surface area contributed by atoms with Gasteiger partial charge in [0.25, 0.3) is 0 Å². The number of imidazole rings is 1. The Morgan fingerprint density at radius 1 is 1.47 bits per heavy atom. The Morgan fingerprint density at radius 3 is 2.87 bits per heavy atom. The van der Waals surface area contributed by atoms with Crippen LogP contribution in [0.4, 0.5) is 0 Å². The van der Waals surface area contributed by atoms with E-state index >= 15 is 0 Å². The first-order valence-corrected chi connectivity index (χ1v) is 6.07. The van der Waals surface area contributed by atoms with Crippen LogP contribution >= 0.6 is 15.9 Å². The predicted octanol–water partition coefficient (Wildman–Crippen LogP) is 3.92. The summed E-state index contributed by atoms with van der Waals surface area (Å²) in [6, 6.07) is 4.15. The smallest absolute Gasteiger partial charge is 0.137 e. The maximum absolute atomic E-state index is 4.64. The van der Waals surface area contributed by atoms with Gasteiger partial charge in [0.1, 0.15) is 10.3 Å². The molecule has 0 radical (unpaired) electrons. The van der Waals surface area contributed by atoms with Crippen molar-refractivity contribution in [3.05, 3.63) is 34.2 Å². The van der Waals surface area contributed by atoms with Crippen LogP contribution < -0.4 is 0 Å². The number of pyridine rings is 1. The monoisotopic (exact) mass is 266 g/mol. The second-order valence-corrected chi connectivity index (χ2v) is 4.78. The second kappa shape index (κ2) is 3.97. The molecule has 0 bridgehead atoms. The molecule has 2 heterocycles. The van der Waals surface area contributed by atoms with E-state index in [0.29, 0.717) is 5.92 Å². The van der Waals surface area contributed by atoms with E-state index in [1.165, 1.54) is 5.56 Å². The molecule has 0 aliphatic heterocycles. The van der Waals surface area contributed by atoms with Gasteiger partial charge in [-0.25, -0.2) is 4.98 Å². The van der Waals surface area contributed by atoms with Crippen LogP contribution in [0.3, 0.4) is 0 Å². The standard InChI is InChI=1S/C12H15BrN2/c1-4-9(3)11-12(13)15-7-8(2)5-6-10(15)14-11/h5-7,9H,4H2,1-3H3. The van der Waals surface area contributed by atoms with Gasteiger partial charge >= 0.3 is 0 Å². The lowest BCUT2D eigenvalue weighted by Gasteiger charge is -2.04. The van der Waals surface area contributed by atoms with E-state index in [1.807, 2.05) is 0 Å². The van der Waals surface area contributed by atoms with Gasteiger partial charge in [0.05, 0.1) is 5.69 Å². The Balaban J connectivity index is 2.64. The van der Waals surface area contributed by atoms with Gasteiger partial charge in [0.2, 0.25) is 0 Å². The molecule has 0 aliphatic rings. The van der Waals surface area contributed by atoms with Crippen LogP contribution in [0.5, 0.6) is 0 Å². The molecule has 2 aromatic heterocycles. The fourth-order valence-electron chi connectivity index (χ4n) is 1.65. The van der Waals surface area contributed by atoms with Crippen molar-refractivity contribution in [1.29, 1.82) is 0 Å². The summed E-state index contributed by atoms with van der Waals surface area (Å²) >= 11 is 3.63. The number of nitrogens with zero attached hydrogens (tertiary/aromatic N) is 2.